The molecule has 0 bridgehead atoms. The van der Waals surface area contributed by atoms with E-state index in [0.29, 0.717) is 6.42 Å². The summed E-state index contributed by atoms with van der Waals surface area (Å²) in [5, 5.41) is 20.6. The highest BCUT2D eigenvalue weighted by atomic mass is 79.9. The molecule has 118 valence electrons. The predicted octanol–water partition coefficient (Wildman–Crippen LogP) is 1.70. The van der Waals surface area contributed by atoms with Gasteiger partial charge < -0.3 is 19.6 Å². The van der Waals surface area contributed by atoms with Gasteiger partial charge in [-0.3, -0.25) is 4.79 Å². The van der Waals surface area contributed by atoms with Crippen molar-refractivity contribution < 1.29 is 23.8 Å². The van der Waals surface area contributed by atoms with Crippen LogP contribution in [0.25, 0.3) is 10.9 Å². The van der Waals surface area contributed by atoms with Crippen LogP contribution in [-0.4, -0.2) is 15.6 Å². The van der Waals surface area contributed by atoms with E-state index in [1.54, 1.807) is 6.92 Å². The average molecular weight is 375 g/mol. The molecule has 0 radical (unpaired) electrons. The number of carbonyl (C=O) groups is 1. The van der Waals surface area contributed by atoms with Crippen molar-refractivity contribution in [1.29, 1.82) is 0 Å². The first kappa shape index (κ1) is 16.6. The van der Waals surface area contributed by atoms with Crippen LogP contribution in [0.3, 0.4) is 0 Å². The van der Waals surface area contributed by atoms with E-state index in [2.05, 4.69) is 15.9 Å². The molecule has 1 N–H and O–H groups in total. The summed E-state index contributed by atoms with van der Waals surface area (Å²) >= 11 is 2.72. The van der Waals surface area contributed by atoms with E-state index in [-0.39, 0.29) is 11.9 Å². The van der Waals surface area contributed by atoms with Crippen molar-refractivity contribution in [3.05, 3.63) is 44.2 Å². The monoisotopic (exact) mass is 374 g/mol. The van der Waals surface area contributed by atoms with Gasteiger partial charge in [-0.25, -0.2) is 8.78 Å². The number of aromatic nitrogens is 1. The number of aromatic carboxylic acids is 1. The average Bonchev–Trinajstić information content (AvgIpc) is 2.45. The quantitative estimate of drug-likeness (QED) is 0.825. The van der Waals surface area contributed by atoms with Crippen LogP contribution >= 0.6 is 15.9 Å². The first-order valence-corrected chi connectivity index (χ1v) is 7.20. The topological polar surface area (TPSA) is 82.4 Å². The molecule has 1 aromatic carbocycles. The summed E-state index contributed by atoms with van der Waals surface area (Å²) in [6.45, 7) is 1.76. The molecule has 0 amide bonds. The van der Waals surface area contributed by atoms with Gasteiger partial charge in [0.1, 0.15) is 12.0 Å². The Morgan fingerprint density at radius 3 is 2.68 bits per heavy atom. The molecule has 2 aromatic rings. The maximum absolute atomic E-state index is 14.3. The Kier molecular flexibility index (Phi) is 4.62. The molecule has 1 atom stereocenters. The van der Waals surface area contributed by atoms with Crippen LogP contribution in [0, 0.1) is 11.6 Å². The Labute approximate surface area is 131 Å². The standard InChI is InChI=1S/C14H12BrF2NO4/c1-2-3-9(19)18-5-7(14(21)22)13(20)6-4-8(16)10(15)11(17)12(6)18/h4-5,9,19H,2-3H2,1H3,(H,21,22)/p-1. The number of hydrogen-bond donors (Lipinski definition) is 1. The number of halogens is 3. The number of rotatable bonds is 4. The van der Waals surface area contributed by atoms with Gasteiger partial charge in [-0.15, -0.1) is 0 Å². The highest BCUT2D eigenvalue weighted by Crippen LogP contribution is 2.29. The number of carboxylic acids is 1. The van der Waals surface area contributed by atoms with Crippen molar-refractivity contribution in [2.45, 2.75) is 26.0 Å². The van der Waals surface area contributed by atoms with Crippen LogP contribution in [0.5, 0.6) is 0 Å². The van der Waals surface area contributed by atoms with Crippen LogP contribution in [0.2, 0.25) is 0 Å². The summed E-state index contributed by atoms with van der Waals surface area (Å²) in [6.07, 6.45) is 0.268. The number of pyridine rings is 1. The fourth-order valence-electron chi connectivity index (χ4n) is 2.20. The third-order valence-electron chi connectivity index (χ3n) is 3.24. The molecule has 22 heavy (non-hydrogen) atoms. The zero-order valence-electron chi connectivity index (χ0n) is 11.4. The summed E-state index contributed by atoms with van der Waals surface area (Å²) in [5.74, 6) is -3.92. The Hall–Kier alpha value is -1.80. The van der Waals surface area contributed by atoms with Crippen LogP contribution in [0.4, 0.5) is 8.78 Å². The van der Waals surface area contributed by atoms with Crippen molar-refractivity contribution in [3.63, 3.8) is 0 Å². The number of fused-ring (bicyclic) bond motifs is 1. The van der Waals surface area contributed by atoms with Crippen molar-refractivity contribution in [2.24, 2.45) is 0 Å². The van der Waals surface area contributed by atoms with Gasteiger partial charge in [-0.1, -0.05) is 13.3 Å². The number of carbonyl (C=O) groups excluding carboxylic acids is 1. The zero-order chi connectivity index (χ0) is 16.6. The molecule has 0 aliphatic heterocycles. The molecule has 2 rings (SSSR count). The van der Waals surface area contributed by atoms with Crippen molar-refractivity contribution in [2.75, 3.05) is 0 Å². The first-order valence-electron chi connectivity index (χ1n) is 6.41. The second kappa shape index (κ2) is 6.13. The van der Waals surface area contributed by atoms with E-state index in [9.17, 15) is 28.6 Å². The fraction of sp³-hybridized carbons (Fsp3) is 0.286. The minimum absolute atomic E-state index is 0.193. The fourth-order valence-corrected chi connectivity index (χ4v) is 2.50. The molecular weight excluding hydrogens is 364 g/mol. The Morgan fingerprint density at radius 2 is 2.14 bits per heavy atom. The van der Waals surface area contributed by atoms with Crippen molar-refractivity contribution >= 4 is 32.8 Å². The lowest BCUT2D eigenvalue weighted by atomic mass is 10.1. The van der Waals surface area contributed by atoms with Crippen LogP contribution in [-0.2, 0) is 0 Å². The number of nitrogens with zero attached hydrogens (tertiary/aromatic N) is 1. The van der Waals surface area contributed by atoms with Crippen molar-refractivity contribution in [1.82, 2.24) is 4.57 Å². The van der Waals surface area contributed by atoms with Crippen molar-refractivity contribution in [3.8, 4) is 0 Å². The lowest BCUT2D eigenvalue weighted by Gasteiger charge is -2.20. The Balaban J connectivity index is 2.98. The van der Waals surface area contributed by atoms with Gasteiger partial charge in [0.15, 0.2) is 11.2 Å². The van der Waals surface area contributed by atoms with E-state index in [0.717, 1.165) is 16.8 Å². The molecule has 1 heterocycles. The van der Waals surface area contributed by atoms with Crippen LogP contribution in [0.15, 0.2) is 21.5 Å². The van der Waals surface area contributed by atoms with Gasteiger partial charge in [0, 0.05) is 6.20 Å². The van der Waals surface area contributed by atoms with E-state index in [4.69, 9.17) is 0 Å². The molecule has 0 fully saturated rings. The van der Waals surface area contributed by atoms with E-state index < -0.39 is 44.7 Å². The maximum Gasteiger partial charge on any atom is 0.198 e. The van der Waals surface area contributed by atoms with Gasteiger partial charge in [0.2, 0.25) is 0 Å². The van der Waals surface area contributed by atoms with Crippen LogP contribution in [0.1, 0.15) is 36.4 Å². The number of hydrogen-bond acceptors (Lipinski definition) is 4. The van der Waals surface area contributed by atoms with Gasteiger partial charge >= 0.3 is 0 Å². The molecule has 5 nitrogen and oxygen atoms in total. The largest absolute Gasteiger partial charge is 0.545 e. The zero-order valence-corrected chi connectivity index (χ0v) is 13.0. The van der Waals surface area contributed by atoms with E-state index >= 15 is 0 Å². The molecule has 1 aromatic heterocycles. The third-order valence-corrected chi connectivity index (χ3v) is 3.97. The first-order chi connectivity index (χ1) is 10.3. The summed E-state index contributed by atoms with van der Waals surface area (Å²) < 4.78 is 28.4. The van der Waals surface area contributed by atoms with E-state index in [1.807, 2.05) is 0 Å². The normalized spacial score (nSPS) is 12.6. The number of carboxylic acid groups (broad SMARTS) is 1. The summed E-state index contributed by atoms with van der Waals surface area (Å²) in [4.78, 5) is 23.1. The minimum atomic E-state index is -1.78. The summed E-state index contributed by atoms with van der Waals surface area (Å²) in [5.41, 5.74) is -2.21. The highest BCUT2D eigenvalue weighted by Gasteiger charge is 2.21. The second-order valence-electron chi connectivity index (χ2n) is 4.72. The minimum Gasteiger partial charge on any atom is -0.545 e. The highest BCUT2D eigenvalue weighted by molar-refractivity contribution is 9.10. The molecule has 0 saturated carbocycles. The SMILES string of the molecule is CCCC(O)n1cc(C(=O)[O-])c(=O)c2cc(F)c(Br)c(F)c21. The second-order valence-corrected chi connectivity index (χ2v) is 5.51. The molecule has 1 unspecified atom stereocenters. The molecule has 8 heteroatoms. The Bertz CT molecular complexity index is 819. The lowest BCUT2D eigenvalue weighted by molar-refractivity contribution is -0.255. The third kappa shape index (κ3) is 2.64. The molecule has 0 aliphatic carbocycles. The Morgan fingerprint density at radius 1 is 1.50 bits per heavy atom. The van der Waals surface area contributed by atoms with E-state index in [1.165, 1.54) is 0 Å². The maximum atomic E-state index is 14.3. The predicted molar refractivity (Wildman–Crippen MR) is 76.3 cm³/mol. The summed E-state index contributed by atoms with van der Waals surface area (Å²) in [7, 11) is 0. The van der Waals surface area contributed by atoms with Gasteiger partial charge in [-0.2, -0.15) is 0 Å². The molecular formula is C14H11BrF2NO4-. The molecule has 0 spiro atoms. The molecule has 0 saturated heterocycles. The number of aliphatic hydroxyl groups is 1. The van der Waals surface area contributed by atoms with Gasteiger partial charge in [0.05, 0.1) is 26.9 Å². The summed E-state index contributed by atoms with van der Waals surface area (Å²) in [6, 6.07) is 0.729. The number of benzene rings is 1. The van der Waals surface area contributed by atoms with Crippen LogP contribution < -0.4 is 10.5 Å². The molecule has 0 aliphatic rings. The van der Waals surface area contributed by atoms with Gasteiger partial charge in [0.25, 0.3) is 0 Å². The lowest BCUT2D eigenvalue weighted by Crippen LogP contribution is -2.31. The van der Waals surface area contributed by atoms with Gasteiger partial charge in [-0.05, 0) is 28.4 Å². The smallest absolute Gasteiger partial charge is 0.198 e. The number of aliphatic hydroxyl groups excluding tert-OH is 1.